The summed E-state index contributed by atoms with van der Waals surface area (Å²) in [5, 5.41) is 2.88. The molecular formula is C16H22N4O3S. The molecule has 3 aliphatic rings. The van der Waals surface area contributed by atoms with Gasteiger partial charge < -0.3 is 15.1 Å². The first-order chi connectivity index (χ1) is 11.5. The van der Waals surface area contributed by atoms with E-state index < -0.39 is 10.0 Å². The molecule has 1 aromatic rings. The molecule has 0 saturated carbocycles. The molecule has 0 radical (unpaired) electrons. The number of nitrogens with one attached hydrogen (secondary N) is 1. The number of anilines is 2. The van der Waals surface area contributed by atoms with Crippen molar-refractivity contribution in [2.75, 3.05) is 50.0 Å². The highest BCUT2D eigenvalue weighted by atomic mass is 32.2. The monoisotopic (exact) mass is 350 g/mol. The average Bonchev–Trinajstić information content (AvgIpc) is 3.05. The molecule has 2 fully saturated rings. The molecule has 8 heteroatoms. The second-order valence-electron chi connectivity index (χ2n) is 6.73. The molecule has 0 unspecified atom stereocenters. The van der Waals surface area contributed by atoms with Crippen molar-refractivity contribution in [1.29, 1.82) is 0 Å². The second-order valence-corrected chi connectivity index (χ2v) is 8.66. The van der Waals surface area contributed by atoms with E-state index in [1.54, 1.807) is 12.1 Å². The van der Waals surface area contributed by atoms with Gasteiger partial charge in [0.1, 0.15) is 6.04 Å². The second kappa shape index (κ2) is 5.72. The maximum Gasteiger partial charge on any atom is 0.247 e. The molecule has 0 spiro atoms. The van der Waals surface area contributed by atoms with E-state index in [-0.39, 0.29) is 16.8 Å². The van der Waals surface area contributed by atoms with E-state index in [0.717, 1.165) is 38.2 Å². The van der Waals surface area contributed by atoms with Crippen LogP contribution in [0.5, 0.6) is 0 Å². The van der Waals surface area contributed by atoms with Gasteiger partial charge in [0.15, 0.2) is 0 Å². The highest BCUT2D eigenvalue weighted by molar-refractivity contribution is 7.89. The number of likely N-dealkylation sites (N-methyl/N-ethyl adjacent to an activating group) is 1. The zero-order valence-corrected chi connectivity index (χ0v) is 14.6. The van der Waals surface area contributed by atoms with Crippen LogP contribution >= 0.6 is 0 Å². The van der Waals surface area contributed by atoms with Gasteiger partial charge in [-0.05, 0) is 38.1 Å². The Hall–Kier alpha value is -1.64. The van der Waals surface area contributed by atoms with Crippen LogP contribution in [0.25, 0.3) is 0 Å². The van der Waals surface area contributed by atoms with Crippen molar-refractivity contribution in [2.45, 2.75) is 23.8 Å². The molecule has 24 heavy (non-hydrogen) atoms. The molecule has 0 bridgehead atoms. The number of carbonyl (C=O) groups excluding carboxylic acids is 1. The lowest BCUT2D eigenvalue weighted by Crippen LogP contribution is -2.47. The van der Waals surface area contributed by atoms with Crippen LogP contribution in [0.4, 0.5) is 11.4 Å². The summed E-state index contributed by atoms with van der Waals surface area (Å²) in [6.07, 6.45) is 1.84. The van der Waals surface area contributed by atoms with Gasteiger partial charge in [-0.15, -0.1) is 0 Å². The third kappa shape index (κ3) is 2.49. The number of sulfonamides is 1. The van der Waals surface area contributed by atoms with Crippen LogP contribution in [-0.2, 0) is 14.8 Å². The first-order valence-corrected chi connectivity index (χ1v) is 9.81. The fourth-order valence-electron chi connectivity index (χ4n) is 3.75. The molecule has 3 aliphatic heterocycles. The van der Waals surface area contributed by atoms with Crippen molar-refractivity contribution >= 4 is 27.3 Å². The molecule has 1 atom stereocenters. The third-order valence-electron chi connectivity index (χ3n) is 5.19. The number of benzene rings is 1. The van der Waals surface area contributed by atoms with Gasteiger partial charge in [-0.2, -0.15) is 4.31 Å². The zero-order valence-electron chi connectivity index (χ0n) is 13.7. The lowest BCUT2D eigenvalue weighted by Gasteiger charge is -2.34. The van der Waals surface area contributed by atoms with Crippen LogP contribution in [0.15, 0.2) is 23.1 Å². The molecule has 1 aromatic carbocycles. The van der Waals surface area contributed by atoms with Crippen molar-refractivity contribution in [3.63, 3.8) is 0 Å². The van der Waals surface area contributed by atoms with E-state index >= 15 is 0 Å². The molecule has 4 rings (SSSR count). The molecule has 130 valence electrons. The van der Waals surface area contributed by atoms with Crippen molar-refractivity contribution < 1.29 is 13.2 Å². The summed E-state index contributed by atoms with van der Waals surface area (Å²) in [5.74, 6) is -0.0332. The molecule has 0 aromatic heterocycles. The molecule has 3 heterocycles. The minimum atomic E-state index is -3.52. The highest BCUT2D eigenvalue weighted by Crippen LogP contribution is 2.38. The van der Waals surface area contributed by atoms with E-state index in [4.69, 9.17) is 0 Å². The molecule has 1 amide bonds. The van der Waals surface area contributed by atoms with E-state index in [9.17, 15) is 13.2 Å². The Morgan fingerprint density at radius 2 is 1.88 bits per heavy atom. The summed E-state index contributed by atoms with van der Waals surface area (Å²) < 4.78 is 27.3. The van der Waals surface area contributed by atoms with Gasteiger partial charge in [0, 0.05) is 32.7 Å². The summed E-state index contributed by atoms with van der Waals surface area (Å²) in [4.78, 5) is 16.7. The lowest BCUT2D eigenvalue weighted by molar-refractivity contribution is -0.117. The lowest BCUT2D eigenvalue weighted by atomic mass is 10.1. The number of rotatable bonds is 2. The minimum absolute atomic E-state index is 0.0332. The fraction of sp³-hybridized carbons (Fsp3) is 0.562. The van der Waals surface area contributed by atoms with Gasteiger partial charge in [-0.3, -0.25) is 4.79 Å². The Morgan fingerprint density at radius 3 is 2.62 bits per heavy atom. The predicted octanol–water partition coefficient (Wildman–Crippen LogP) is 0.544. The van der Waals surface area contributed by atoms with Crippen molar-refractivity contribution in [3.05, 3.63) is 18.2 Å². The Kier molecular flexibility index (Phi) is 3.78. The van der Waals surface area contributed by atoms with Crippen LogP contribution < -0.4 is 10.2 Å². The van der Waals surface area contributed by atoms with E-state index in [2.05, 4.69) is 15.1 Å². The summed E-state index contributed by atoms with van der Waals surface area (Å²) in [7, 11) is -1.53. The smallest absolute Gasteiger partial charge is 0.247 e. The van der Waals surface area contributed by atoms with E-state index in [1.807, 2.05) is 13.1 Å². The largest absolute Gasteiger partial charge is 0.358 e. The molecule has 2 saturated heterocycles. The Labute approximate surface area is 142 Å². The van der Waals surface area contributed by atoms with E-state index in [1.165, 1.54) is 4.31 Å². The first-order valence-electron chi connectivity index (χ1n) is 8.37. The van der Waals surface area contributed by atoms with Crippen molar-refractivity contribution in [3.8, 4) is 0 Å². The predicted molar refractivity (Wildman–Crippen MR) is 91.7 cm³/mol. The average molecular weight is 350 g/mol. The standard InChI is InChI=1S/C16H22N4O3S/c1-18-7-9-19(10-8-18)24(22,23)12-4-5-14-13(11-12)17-16(21)15-3-2-6-20(14)15/h4-5,11,15H,2-3,6-10H2,1H3,(H,17,21)/t15-/m1/s1. The number of nitrogens with zero attached hydrogens (tertiary/aromatic N) is 3. The number of hydrogen-bond acceptors (Lipinski definition) is 5. The zero-order chi connectivity index (χ0) is 16.9. The van der Waals surface area contributed by atoms with Gasteiger partial charge in [0.25, 0.3) is 0 Å². The molecule has 7 nitrogen and oxygen atoms in total. The Morgan fingerprint density at radius 1 is 1.12 bits per heavy atom. The number of fused-ring (bicyclic) bond motifs is 3. The highest BCUT2D eigenvalue weighted by Gasteiger charge is 2.37. The van der Waals surface area contributed by atoms with Crippen LogP contribution in [0.3, 0.4) is 0 Å². The number of carbonyl (C=O) groups is 1. The quantitative estimate of drug-likeness (QED) is 0.843. The molecular weight excluding hydrogens is 328 g/mol. The van der Waals surface area contributed by atoms with Gasteiger partial charge in [-0.1, -0.05) is 0 Å². The maximum absolute atomic E-state index is 12.9. The number of amides is 1. The van der Waals surface area contributed by atoms with Gasteiger partial charge in [0.2, 0.25) is 15.9 Å². The third-order valence-corrected chi connectivity index (χ3v) is 7.09. The van der Waals surface area contributed by atoms with Crippen molar-refractivity contribution in [1.82, 2.24) is 9.21 Å². The topological polar surface area (TPSA) is 73.0 Å². The normalized spacial score (nSPS) is 25.3. The number of hydrogen-bond donors (Lipinski definition) is 1. The van der Waals surface area contributed by atoms with E-state index in [0.29, 0.717) is 18.8 Å². The van der Waals surface area contributed by atoms with Crippen LogP contribution in [-0.4, -0.2) is 69.3 Å². The van der Waals surface area contributed by atoms with Gasteiger partial charge >= 0.3 is 0 Å². The summed E-state index contributed by atoms with van der Waals surface area (Å²) >= 11 is 0. The molecule has 0 aliphatic carbocycles. The Bertz CT molecular complexity index is 772. The summed E-state index contributed by atoms with van der Waals surface area (Å²) in [6, 6.07) is 4.99. The van der Waals surface area contributed by atoms with Crippen LogP contribution in [0.2, 0.25) is 0 Å². The van der Waals surface area contributed by atoms with Crippen molar-refractivity contribution in [2.24, 2.45) is 0 Å². The van der Waals surface area contributed by atoms with Gasteiger partial charge in [0.05, 0.1) is 16.3 Å². The molecule has 1 N–H and O–H groups in total. The summed E-state index contributed by atoms with van der Waals surface area (Å²) in [6.45, 7) is 3.30. The number of piperazine rings is 1. The first kappa shape index (κ1) is 15.9. The van der Waals surface area contributed by atoms with Crippen LogP contribution in [0.1, 0.15) is 12.8 Å². The maximum atomic E-state index is 12.9. The fourth-order valence-corrected chi connectivity index (χ4v) is 5.20. The summed E-state index contributed by atoms with van der Waals surface area (Å²) in [5.41, 5.74) is 1.53. The SMILES string of the molecule is CN1CCN(S(=O)(=O)c2ccc3c(c2)NC(=O)[C@H]2CCCN32)CC1. The van der Waals surface area contributed by atoms with Crippen LogP contribution in [0, 0.1) is 0 Å². The minimum Gasteiger partial charge on any atom is -0.358 e. The van der Waals surface area contributed by atoms with Gasteiger partial charge in [-0.25, -0.2) is 8.42 Å². The Balaban J connectivity index is 1.66.